The van der Waals surface area contributed by atoms with Crippen molar-refractivity contribution in [1.29, 1.82) is 0 Å². The summed E-state index contributed by atoms with van der Waals surface area (Å²) in [6.07, 6.45) is 0.0999. The Hall–Kier alpha value is -3.15. The molecule has 6 heteroatoms. The van der Waals surface area contributed by atoms with E-state index in [1.807, 2.05) is 24.3 Å². The quantitative estimate of drug-likeness (QED) is 0.673. The van der Waals surface area contributed by atoms with E-state index in [0.717, 1.165) is 5.69 Å². The average molecular weight is 396 g/mol. The third-order valence-corrected chi connectivity index (χ3v) is 4.51. The van der Waals surface area contributed by atoms with Gasteiger partial charge >= 0.3 is 5.97 Å². The first-order chi connectivity index (χ1) is 13.8. The molecule has 0 aliphatic carbocycles. The average Bonchev–Trinajstić information content (AvgIpc) is 2.68. The topological polar surface area (TPSA) is 75.7 Å². The van der Waals surface area contributed by atoms with Crippen LogP contribution in [0.2, 0.25) is 0 Å². The maximum absolute atomic E-state index is 12.4. The van der Waals surface area contributed by atoms with Gasteiger partial charge in [0.1, 0.15) is 0 Å². The minimum absolute atomic E-state index is 0.0999. The maximum Gasteiger partial charge on any atom is 0.340 e. The molecule has 0 heterocycles. The smallest absolute Gasteiger partial charge is 0.340 e. The summed E-state index contributed by atoms with van der Waals surface area (Å²) in [5.41, 5.74) is 2.63. The molecule has 0 fully saturated rings. The van der Waals surface area contributed by atoms with E-state index in [1.165, 1.54) is 12.5 Å². The van der Waals surface area contributed by atoms with Crippen LogP contribution in [0.15, 0.2) is 48.5 Å². The summed E-state index contributed by atoms with van der Waals surface area (Å²) < 4.78 is 5.02. The van der Waals surface area contributed by atoms with Crippen LogP contribution in [0.5, 0.6) is 0 Å². The standard InChI is InChI=1S/C23H28N2O4/c1-5-29-23(28)20-8-6-7-9-21(20)24-22(27)14-15-25(17(4)26)19-12-10-18(11-13-19)16(2)3/h6-13,16H,5,14-15H2,1-4H3,(H,24,27). The molecule has 0 unspecified atom stereocenters. The molecule has 0 saturated heterocycles. The molecule has 1 N–H and O–H groups in total. The van der Waals surface area contributed by atoms with Gasteiger partial charge in [-0.15, -0.1) is 0 Å². The van der Waals surface area contributed by atoms with E-state index in [9.17, 15) is 14.4 Å². The van der Waals surface area contributed by atoms with Crippen molar-refractivity contribution in [1.82, 2.24) is 0 Å². The molecule has 154 valence electrons. The molecule has 0 spiro atoms. The van der Waals surface area contributed by atoms with Crippen LogP contribution in [-0.2, 0) is 14.3 Å². The second-order valence-corrected chi connectivity index (χ2v) is 6.98. The number of esters is 1. The lowest BCUT2D eigenvalue weighted by atomic mass is 10.0. The van der Waals surface area contributed by atoms with Gasteiger partial charge in [-0.3, -0.25) is 9.59 Å². The summed E-state index contributed by atoms with van der Waals surface area (Å²) in [5, 5.41) is 2.74. The molecule has 6 nitrogen and oxygen atoms in total. The molecule has 2 amide bonds. The highest BCUT2D eigenvalue weighted by Crippen LogP contribution is 2.21. The van der Waals surface area contributed by atoms with Crippen molar-refractivity contribution >= 4 is 29.2 Å². The Labute approximate surface area is 171 Å². The van der Waals surface area contributed by atoms with Crippen molar-refractivity contribution in [2.45, 2.75) is 40.0 Å². The molecular weight excluding hydrogens is 368 g/mol. The Balaban J connectivity index is 2.05. The first kappa shape index (κ1) is 22.1. The number of benzene rings is 2. The van der Waals surface area contributed by atoms with E-state index >= 15 is 0 Å². The zero-order valence-electron chi connectivity index (χ0n) is 17.4. The normalized spacial score (nSPS) is 10.5. The fraction of sp³-hybridized carbons (Fsp3) is 0.348. The number of anilines is 2. The van der Waals surface area contributed by atoms with Crippen LogP contribution in [-0.4, -0.2) is 30.9 Å². The predicted molar refractivity (Wildman–Crippen MR) is 114 cm³/mol. The van der Waals surface area contributed by atoms with Gasteiger partial charge in [0.25, 0.3) is 0 Å². The molecule has 0 radical (unpaired) electrons. The molecule has 0 aromatic heterocycles. The summed E-state index contributed by atoms with van der Waals surface area (Å²) in [4.78, 5) is 38.1. The van der Waals surface area contributed by atoms with Crippen LogP contribution < -0.4 is 10.2 Å². The predicted octanol–water partition coefficient (Wildman–Crippen LogP) is 4.37. The molecule has 0 bridgehead atoms. The molecule has 0 atom stereocenters. The summed E-state index contributed by atoms with van der Waals surface area (Å²) in [5.74, 6) is -0.507. The van der Waals surface area contributed by atoms with Crippen molar-refractivity contribution in [3.8, 4) is 0 Å². The van der Waals surface area contributed by atoms with Crippen LogP contribution in [0.1, 0.15) is 56.0 Å². The number of nitrogens with zero attached hydrogens (tertiary/aromatic N) is 1. The molecule has 0 aliphatic rings. The van der Waals surface area contributed by atoms with Crippen molar-refractivity contribution in [3.63, 3.8) is 0 Å². The molecule has 2 rings (SSSR count). The zero-order chi connectivity index (χ0) is 21.4. The number of rotatable bonds is 8. The van der Waals surface area contributed by atoms with Crippen LogP contribution in [0, 0.1) is 0 Å². The zero-order valence-corrected chi connectivity index (χ0v) is 17.4. The van der Waals surface area contributed by atoms with Gasteiger partial charge < -0.3 is 15.0 Å². The Bertz CT molecular complexity index is 859. The number of hydrogen-bond donors (Lipinski definition) is 1. The number of hydrogen-bond acceptors (Lipinski definition) is 4. The third-order valence-electron chi connectivity index (χ3n) is 4.51. The number of carbonyl (C=O) groups excluding carboxylic acids is 3. The Morgan fingerprint density at radius 3 is 2.28 bits per heavy atom. The number of amides is 2. The summed E-state index contributed by atoms with van der Waals surface area (Å²) >= 11 is 0. The molecule has 2 aromatic rings. The number of nitrogens with one attached hydrogen (secondary N) is 1. The van der Waals surface area contributed by atoms with Gasteiger partial charge in [0.15, 0.2) is 0 Å². The highest BCUT2D eigenvalue weighted by molar-refractivity contribution is 6.01. The van der Waals surface area contributed by atoms with Gasteiger partial charge in [-0.05, 0) is 42.7 Å². The monoisotopic (exact) mass is 396 g/mol. The lowest BCUT2D eigenvalue weighted by Crippen LogP contribution is -2.32. The van der Waals surface area contributed by atoms with E-state index < -0.39 is 5.97 Å². The summed E-state index contributed by atoms with van der Waals surface area (Å²) in [7, 11) is 0. The van der Waals surface area contributed by atoms with E-state index in [1.54, 1.807) is 36.1 Å². The van der Waals surface area contributed by atoms with Crippen LogP contribution in [0.3, 0.4) is 0 Å². The molecule has 2 aromatic carbocycles. The van der Waals surface area contributed by atoms with Gasteiger partial charge in [0.2, 0.25) is 11.8 Å². The largest absolute Gasteiger partial charge is 0.462 e. The second-order valence-electron chi connectivity index (χ2n) is 6.98. The van der Waals surface area contributed by atoms with E-state index in [0.29, 0.717) is 17.2 Å². The fourth-order valence-electron chi connectivity index (χ4n) is 2.91. The lowest BCUT2D eigenvalue weighted by Gasteiger charge is -2.22. The van der Waals surface area contributed by atoms with Gasteiger partial charge in [-0.1, -0.05) is 38.1 Å². The van der Waals surface area contributed by atoms with Crippen molar-refractivity contribution < 1.29 is 19.1 Å². The van der Waals surface area contributed by atoms with E-state index in [-0.39, 0.29) is 31.4 Å². The number of para-hydroxylation sites is 1. The van der Waals surface area contributed by atoms with Crippen molar-refractivity contribution in [2.75, 3.05) is 23.4 Å². The third kappa shape index (κ3) is 6.17. The minimum Gasteiger partial charge on any atom is -0.462 e. The van der Waals surface area contributed by atoms with Crippen molar-refractivity contribution in [3.05, 3.63) is 59.7 Å². The van der Waals surface area contributed by atoms with E-state index in [2.05, 4.69) is 19.2 Å². The van der Waals surface area contributed by atoms with Gasteiger partial charge in [-0.25, -0.2) is 4.79 Å². The summed E-state index contributed by atoms with van der Waals surface area (Å²) in [6, 6.07) is 14.5. The first-order valence-corrected chi connectivity index (χ1v) is 9.77. The van der Waals surface area contributed by atoms with Gasteiger partial charge in [0.05, 0.1) is 17.9 Å². The lowest BCUT2D eigenvalue weighted by molar-refractivity contribution is -0.117. The highest BCUT2D eigenvalue weighted by Gasteiger charge is 2.17. The molecule has 0 saturated carbocycles. The Morgan fingerprint density at radius 1 is 1.03 bits per heavy atom. The highest BCUT2D eigenvalue weighted by atomic mass is 16.5. The summed E-state index contributed by atoms with van der Waals surface area (Å²) in [6.45, 7) is 7.91. The van der Waals surface area contributed by atoms with Crippen molar-refractivity contribution in [2.24, 2.45) is 0 Å². The Morgan fingerprint density at radius 2 is 1.69 bits per heavy atom. The Kier molecular flexibility index (Phi) is 7.95. The molecule has 0 aliphatic heterocycles. The van der Waals surface area contributed by atoms with Gasteiger partial charge in [-0.2, -0.15) is 0 Å². The SMILES string of the molecule is CCOC(=O)c1ccccc1NC(=O)CCN(C(C)=O)c1ccc(C(C)C)cc1. The van der Waals surface area contributed by atoms with E-state index in [4.69, 9.17) is 4.74 Å². The number of carbonyl (C=O) groups is 3. The maximum atomic E-state index is 12.4. The number of ether oxygens (including phenoxy) is 1. The van der Waals surface area contributed by atoms with Gasteiger partial charge in [0, 0.05) is 25.6 Å². The first-order valence-electron chi connectivity index (χ1n) is 9.77. The fourth-order valence-corrected chi connectivity index (χ4v) is 2.91. The van der Waals surface area contributed by atoms with Crippen LogP contribution in [0.4, 0.5) is 11.4 Å². The minimum atomic E-state index is -0.487. The van der Waals surface area contributed by atoms with Crippen LogP contribution in [0.25, 0.3) is 0 Å². The molecular formula is C23H28N2O4. The second kappa shape index (κ2) is 10.4. The molecule has 29 heavy (non-hydrogen) atoms. The van der Waals surface area contributed by atoms with Crippen LogP contribution >= 0.6 is 0 Å².